The average Bonchev–Trinajstić information content (AvgIpc) is 2.92. The van der Waals surface area contributed by atoms with E-state index in [1.165, 1.54) is 30.4 Å². The molecule has 4 rings (SSSR count). The highest BCUT2D eigenvalue weighted by molar-refractivity contribution is 5.52. The first kappa shape index (κ1) is 7.24. The molecule has 1 aliphatic carbocycles. The Morgan fingerprint density at radius 2 is 2.00 bits per heavy atom. The molecule has 2 atom stereocenters. The van der Waals surface area contributed by atoms with Crippen LogP contribution in [0.2, 0.25) is 0 Å². The Morgan fingerprint density at radius 1 is 1.07 bits per heavy atom. The number of fused-ring (bicyclic) bond motifs is 7. The molecule has 2 aliphatic heterocycles. The van der Waals surface area contributed by atoms with E-state index in [1.807, 2.05) is 0 Å². The van der Waals surface area contributed by atoms with Crippen LogP contribution in [-0.4, -0.2) is 0 Å². The molecule has 1 aromatic carbocycles. The van der Waals surface area contributed by atoms with Gasteiger partial charge >= 0.3 is 0 Å². The third-order valence-corrected chi connectivity index (χ3v) is 3.71. The zero-order valence-corrected chi connectivity index (χ0v) is 7.99. The molecule has 1 aromatic rings. The SMILES string of the molecule is C1=CC2OC1c1ccc3c(c12)CCC3. The fraction of sp³-hybridized carbons (Fsp3) is 0.385. The topological polar surface area (TPSA) is 9.23 Å². The zero-order valence-electron chi connectivity index (χ0n) is 7.99. The van der Waals surface area contributed by atoms with Crippen LogP contribution in [0.4, 0.5) is 0 Å². The maximum absolute atomic E-state index is 5.86. The molecule has 0 N–H and O–H groups in total. The van der Waals surface area contributed by atoms with Gasteiger partial charge in [-0.15, -0.1) is 0 Å². The van der Waals surface area contributed by atoms with Crippen molar-refractivity contribution < 1.29 is 4.74 Å². The number of aryl methyl sites for hydroxylation is 1. The second kappa shape index (κ2) is 2.29. The van der Waals surface area contributed by atoms with E-state index in [4.69, 9.17) is 4.74 Å². The van der Waals surface area contributed by atoms with Crippen molar-refractivity contribution in [2.45, 2.75) is 31.5 Å². The highest BCUT2D eigenvalue weighted by atomic mass is 16.5. The summed E-state index contributed by atoms with van der Waals surface area (Å²) >= 11 is 0. The van der Waals surface area contributed by atoms with Crippen molar-refractivity contribution in [2.24, 2.45) is 0 Å². The first-order valence-corrected chi connectivity index (χ1v) is 5.42. The van der Waals surface area contributed by atoms with Crippen molar-refractivity contribution in [1.29, 1.82) is 0 Å². The minimum absolute atomic E-state index is 0.265. The largest absolute Gasteiger partial charge is 0.357 e. The van der Waals surface area contributed by atoms with Crippen LogP contribution >= 0.6 is 0 Å². The van der Waals surface area contributed by atoms with E-state index in [0.29, 0.717) is 0 Å². The van der Waals surface area contributed by atoms with E-state index in [0.717, 1.165) is 0 Å². The maximum Gasteiger partial charge on any atom is 0.103 e. The molecule has 3 aliphatic rings. The molecule has 0 amide bonds. The van der Waals surface area contributed by atoms with Gasteiger partial charge in [-0.3, -0.25) is 0 Å². The Morgan fingerprint density at radius 3 is 3.00 bits per heavy atom. The summed E-state index contributed by atoms with van der Waals surface area (Å²) in [5.41, 5.74) is 6.10. The molecule has 1 nitrogen and oxygen atoms in total. The van der Waals surface area contributed by atoms with Crippen LogP contribution < -0.4 is 0 Å². The quantitative estimate of drug-likeness (QED) is 0.563. The fourth-order valence-electron chi connectivity index (χ4n) is 3.09. The van der Waals surface area contributed by atoms with Crippen molar-refractivity contribution >= 4 is 0 Å². The molecule has 0 fully saturated rings. The second-order valence-electron chi connectivity index (χ2n) is 4.42. The van der Waals surface area contributed by atoms with Gasteiger partial charge in [0.05, 0.1) is 0 Å². The molecule has 14 heavy (non-hydrogen) atoms. The Balaban J connectivity index is 2.03. The van der Waals surface area contributed by atoms with Gasteiger partial charge in [0.25, 0.3) is 0 Å². The number of rotatable bonds is 0. The predicted molar refractivity (Wildman–Crippen MR) is 54.2 cm³/mol. The lowest BCUT2D eigenvalue weighted by atomic mass is 9.90. The molecule has 1 heteroatoms. The summed E-state index contributed by atoms with van der Waals surface area (Å²) in [7, 11) is 0. The van der Waals surface area contributed by atoms with Gasteiger partial charge in [-0.2, -0.15) is 0 Å². The van der Waals surface area contributed by atoms with E-state index in [9.17, 15) is 0 Å². The first-order valence-electron chi connectivity index (χ1n) is 5.42. The van der Waals surface area contributed by atoms with Crippen LogP contribution in [0.5, 0.6) is 0 Å². The Hall–Kier alpha value is -1.08. The van der Waals surface area contributed by atoms with Gasteiger partial charge in [-0.1, -0.05) is 24.3 Å². The molecule has 2 unspecified atom stereocenters. The number of hydrogen-bond donors (Lipinski definition) is 0. The van der Waals surface area contributed by atoms with E-state index in [1.54, 1.807) is 11.1 Å². The lowest BCUT2D eigenvalue weighted by Crippen LogP contribution is -1.98. The third kappa shape index (κ3) is 0.709. The van der Waals surface area contributed by atoms with Gasteiger partial charge in [-0.25, -0.2) is 0 Å². The Labute approximate surface area is 83.4 Å². The fourth-order valence-corrected chi connectivity index (χ4v) is 3.09. The summed E-state index contributed by atoms with van der Waals surface area (Å²) in [5, 5.41) is 0. The van der Waals surface area contributed by atoms with Gasteiger partial charge in [0, 0.05) is 0 Å². The van der Waals surface area contributed by atoms with Gasteiger partial charge in [0.2, 0.25) is 0 Å². The minimum atomic E-state index is 0.265. The highest BCUT2D eigenvalue weighted by Crippen LogP contribution is 2.49. The normalized spacial score (nSPS) is 30.9. The lowest BCUT2D eigenvalue weighted by Gasteiger charge is -2.12. The number of ether oxygens (including phenoxy) is 1. The summed E-state index contributed by atoms with van der Waals surface area (Å²) in [6.45, 7) is 0. The molecule has 2 heterocycles. The molecular formula is C13H12O. The van der Waals surface area contributed by atoms with Crippen LogP contribution in [0.25, 0.3) is 0 Å². The Kier molecular flexibility index (Phi) is 1.18. The van der Waals surface area contributed by atoms with Gasteiger partial charge < -0.3 is 4.74 Å². The molecular weight excluding hydrogens is 172 g/mol. The van der Waals surface area contributed by atoms with Crippen molar-refractivity contribution in [2.75, 3.05) is 0 Å². The van der Waals surface area contributed by atoms with Crippen molar-refractivity contribution in [1.82, 2.24) is 0 Å². The molecule has 0 saturated heterocycles. The molecule has 0 aromatic heterocycles. The van der Waals surface area contributed by atoms with Crippen LogP contribution in [0.1, 0.15) is 40.9 Å². The van der Waals surface area contributed by atoms with Crippen LogP contribution in [-0.2, 0) is 17.6 Å². The number of hydrogen-bond acceptors (Lipinski definition) is 1. The van der Waals surface area contributed by atoms with Gasteiger partial charge in [0.1, 0.15) is 12.2 Å². The van der Waals surface area contributed by atoms with Crippen molar-refractivity contribution in [3.63, 3.8) is 0 Å². The monoisotopic (exact) mass is 184 g/mol. The second-order valence-corrected chi connectivity index (χ2v) is 4.42. The van der Waals surface area contributed by atoms with Crippen LogP contribution in [0.15, 0.2) is 24.3 Å². The average molecular weight is 184 g/mol. The Bertz CT molecular complexity index is 445. The standard InChI is InChI=1S/C13H12O/c1-2-8-4-5-10-11-6-7-12(14-11)13(10)9(8)3-1/h4-7,11-12H,1-3H2. The summed E-state index contributed by atoms with van der Waals surface area (Å²) in [4.78, 5) is 0. The third-order valence-electron chi connectivity index (χ3n) is 3.71. The summed E-state index contributed by atoms with van der Waals surface area (Å²) in [6, 6.07) is 4.58. The van der Waals surface area contributed by atoms with Crippen molar-refractivity contribution in [3.8, 4) is 0 Å². The van der Waals surface area contributed by atoms with Crippen molar-refractivity contribution in [3.05, 3.63) is 46.5 Å². The maximum atomic E-state index is 5.86. The smallest absolute Gasteiger partial charge is 0.103 e. The van der Waals surface area contributed by atoms with Gasteiger partial charge in [-0.05, 0) is 41.5 Å². The van der Waals surface area contributed by atoms with E-state index < -0.39 is 0 Å². The van der Waals surface area contributed by atoms with Crippen LogP contribution in [0.3, 0.4) is 0 Å². The van der Waals surface area contributed by atoms with E-state index in [-0.39, 0.29) is 12.2 Å². The number of benzene rings is 1. The zero-order chi connectivity index (χ0) is 9.12. The lowest BCUT2D eigenvalue weighted by molar-refractivity contribution is 0.0876. The predicted octanol–water partition coefficient (Wildman–Crippen LogP) is 2.86. The summed E-state index contributed by atoms with van der Waals surface area (Å²) in [5.74, 6) is 0. The first-order chi connectivity index (χ1) is 6.93. The highest BCUT2D eigenvalue weighted by Gasteiger charge is 2.36. The minimum Gasteiger partial charge on any atom is -0.357 e. The summed E-state index contributed by atoms with van der Waals surface area (Å²) in [6.07, 6.45) is 8.80. The van der Waals surface area contributed by atoms with E-state index in [2.05, 4.69) is 24.3 Å². The molecule has 0 spiro atoms. The molecule has 2 bridgehead atoms. The van der Waals surface area contributed by atoms with E-state index >= 15 is 0 Å². The van der Waals surface area contributed by atoms with Crippen LogP contribution in [0, 0.1) is 0 Å². The summed E-state index contributed by atoms with van der Waals surface area (Å²) < 4.78 is 5.86. The van der Waals surface area contributed by atoms with Gasteiger partial charge in [0.15, 0.2) is 0 Å². The molecule has 70 valence electrons. The molecule has 0 saturated carbocycles. The molecule has 0 radical (unpaired) electrons.